The third-order valence-electron chi connectivity index (χ3n) is 4.86. The van der Waals surface area contributed by atoms with Gasteiger partial charge in [-0.05, 0) is 36.8 Å². The molecule has 1 aromatic heterocycles. The van der Waals surface area contributed by atoms with Crippen molar-refractivity contribution in [2.45, 2.75) is 12.8 Å². The summed E-state index contributed by atoms with van der Waals surface area (Å²) in [6.45, 7) is 0.777. The molecular weight excluding hydrogens is 294 g/mol. The summed E-state index contributed by atoms with van der Waals surface area (Å²) < 4.78 is 0. The second-order valence-corrected chi connectivity index (χ2v) is 6.40. The molecule has 6 nitrogen and oxygen atoms in total. The molecule has 2 atom stereocenters. The molecule has 2 fully saturated rings. The largest absolute Gasteiger partial charge is 0.481 e. The summed E-state index contributed by atoms with van der Waals surface area (Å²) >= 11 is 0. The van der Waals surface area contributed by atoms with Gasteiger partial charge in [-0.2, -0.15) is 0 Å². The first-order valence-electron chi connectivity index (χ1n) is 7.87. The fraction of sp³-hybridized carbons (Fsp3) is 0.412. The van der Waals surface area contributed by atoms with Crippen LogP contribution in [-0.4, -0.2) is 44.9 Å². The van der Waals surface area contributed by atoms with Crippen molar-refractivity contribution in [1.29, 1.82) is 0 Å². The Morgan fingerprint density at radius 2 is 1.87 bits per heavy atom. The Morgan fingerprint density at radius 1 is 1.13 bits per heavy atom. The van der Waals surface area contributed by atoms with Crippen LogP contribution in [0.3, 0.4) is 0 Å². The highest BCUT2D eigenvalue weighted by Crippen LogP contribution is 2.44. The van der Waals surface area contributed by atoms with E-state index in [-0.39, 0.29) is 24.1 Å². The smallest absolute Gasteiger partial charge is 0.308 e. The average Bonchev–Trinajstić information content (AvgIpc) is 3.31. The van der Waals surface area contributed by atoms with Gasteiger partial charge in [-0.25, -0.2) is 4.98 Å². The number of rotatable bonds is 3. The molecule has 2 aromatic rings. The Hall–Kier alpha value is -2.50. The van der Waals surface area contributed by atoms with Crippen molar-refractivity contribution in [3.63, 3.8) is 0 Å². The summed E-state index contributed by atoms with van der Waals surface area (Å²) in [7, 11) is 0. The van der Waals surface area contributed by atoms with Gasteiger partial charge < -0.3 is 10.0 Å². The van der Waals surface area contributed by atoms with Crippen LogP contribution in [-0.2, 0) is 4.79 Å². The number of carbonyl (C=O) groups is 2. The molecule has 118 valence electrons. The maximum Gasteiger partial charge on any atom is 0.308 e. The molecule has 2 aliphatic rings. The molecule has 1 amide bonds. The Morgan fingerprint density at radius 3 is 2.57 bits per heavy atom. The number of nitrogens with zero attached hydrogens (tertiary/aromatic N) is 3. The van der Waals surface area contributed by atoms with E-state index in [9.17, 15) is 14.7 Å². The zero-order valence-electron chi connectivity index (χ0n) is 12.6. The number of amides is 1. The van der Waals surface area contributed by atoms with Crippen LogP contribution in [0.2, 0.25) is 0 Å². The lowest BCUT2D eigenvalue weighted by molar-refractivity contribution is -0.142. The van der Waals surface area contributed by atoms with Crippen molar-refractivity contribution in [1.82, 2.24) is 14.9 Å². The van der Waals surface area contributed by atoms with Gasteiger partial charge in [0.1, 0.15) is 5.69 Å². The fourth-order valence-corrected chi connectivity index (χ4v) is 3.48. The van der Waals surface area contributed by atoms with E-state index in [2.05, 4.69) is 9.97 Å². The zero-order valence-corrected chi connectivity index (χ0v) is 12.6. The van der Waals surface area contributed by atoms with Gasteiger partial charge in [0.15, 0.2) is 0 Å². The third-order valence-corrected chi connectivity index (χ3v) is 4.86. The van der Waals surface area contributed by atoms with Crippen LogP contribution >= 0.6 is 0 Å². The number of benzene rings is 1. The van der Waals surface area contributed by atoms with Crippen molar-refractivity contribution < 1.29 is 14.7 Å². The normalized spacial score (nSPS) is 24.1. The maximum absolute atomic E-state index is 12.7. The Labute approximate surface area is 133 Å². The second kappa shape index (κ2) is 5.30. The quantitative estimate of drug-likeness (QED) is 0.934. The minimum absolute atomic E-state index is 0.0739. The minimum atomic E-state index is -0.804. The van der Waals surface area contributed by atoms with Gasteiger partial charge >= 0.3 is 5.97 Å². The van der Waals surface area contributed by atoms with E-state index in [0.29, 0.717) is 18.0 Å². The van der Waals surface area contributed by atoms with Crippen molar-refractivity contribution >= 4 is 22.9 Å². The monoisotopic (exact) mass is 311 g/mol. The highest BCUT2D eigenvalue weighted by atomic mass is 16.4. The number of aliphatic carboxylic acids is 1. The van der Waals surface area contributed by atoms with E-state index in [1.54, 1.807) is 4.90 Å². The predicted molar refractivity (Wildman–Crippen MR) is 82.8 cm³/mol. The van der Waals surface area contributed by atoms with Crippen LogP contribution in [0, 0.1) is 17.8 Å². The number of hydrogen-bond acceptors (Lipinski definition) is 4. The lowest BCUT2D eigenvalue weighted by Gasteiger charge is -2.15. The molecule has 0 unspecified atom stereocenters. The van der Waals surface area contributed by atoms with Gasteiger partial charge in [0.05, 0.1) is 23.1 Å². The molecular formula is C17H17N3O3. The molecule has 1 saturated heterocycles. The zero-order chi connectivity index (χ0) is 16.0. The number of likely N-dealkylation sites (tertiary alicyclic amines) is 1. The molecule has 0 bridgehead atoms. The second-order valence-electron chi connectivity index (χ2n) is 6.40. The van der Waals surface area contributed by atoms with E-state index >= 15 is 0 Å². The summed E-state index contributed by atoms with van der Waals surface area (Å²) in [5, 5.41) is 9.41. The van der Waals surface area contributed by atoms with Crippen LogP contribution in [0.15, 0.2) is 30.5 Å². The predicted octanol–water partition coefficient (Wildman–Crippen LogP) is 1.81. The van der Waals surface area contributed by atoms with Crippen LogP contribution in [0.4, 0.5) is 0 Å². The molecule has 0 radical (unpaired) electrons. The summed E-state index contributed by atoms with van der Waals surface area (Å²) in [5.41, 5.74) is 1.69. The topological polar surface area (TPSA) is 83.4 Å². The molecule has 1 aliphatic carbocycles. The standard InChI is InChI=1S/C17H17N3O3/c21-16(15-7-18-13-3-1-2-4-14(13)19-15)20-8-11(10-5-6-10)12(9-20)17(22)23/h1-4,7,10-12H,5-6,8-9H2,(H,22,23)/t11-,12+/m1/s1. The van der Waals surface area contributed by atoms with E-state index in [4.69, 9.17) is 0 Å². The third kappa shape index (κ3) is 2.54. The minimum Gasteiger partial charge on any atom is -0.481 e. The fourth-order valence-electron chi connectivity index (χ4n) is 3.48. The summed E-state index contributed by atoms with van der Waals surface area (Å²) in [4.78, 5) is 34.4. The van der Waals surface area contributed by atoms with Crippen molar-refractivity contribution in [3.05, 3.63) is 36.2 Å². The Balaban J connectivity index is 1.59. The Kier molecular flexibility index (Phi) is 3.25. The molecule has 1 saturated carbocycles. The number of carbonyl (C=O) groups excluding carboxylic acids is 1. The van der Waals surface area contributed by atoms with Gasteiger partial charge in [0.2, 0.25) is 0 Å². The van der Waals surface area contributed by atoms with Gasteiger partial charge in [-0.1, -0.05) is 12.1 Å². The van der Waals surface area contributed by atoms with Crippen molar-refractivity contribution in [3.8, 4) is 0 Å². The van der Waals surface area contributed by atoms with Crippen LogP contribution < -0.4 is 0 Å². The van der Waals surface area contributed by atoms with Crippen LogP contribution in [0.25, 0.3) is 11.0 Å². The van der Waals surface area contributed by atoms with E-state index < -0.39 is 11.9 Å². The molecule has 1 aliphatic heterocycles. The average molecular weight is 311 g/mol. The highest BCUT2D eigenvalue weighted by Gasteiger charge is 2.47. The molecule has 0 spiro atoms. The molecule has 1 aromatic carbocycles. The first-order valence-corrected chi connectivity index (χ1v) is 7.87. The van der Waals surface area contributed by atoms with Gasteiger partial charge in [-0.15, -0.1) is 0 Å². The van der Waals surface area contributed by atoms with Gasteiger partial charge in [-0.3, -0.25) is 14.6 Å². The number of fused-ring (bicyclic) bond motifs is 1. The first-order chi connectivity index (χ1) is 11.1. The Bertz CT molecular complexity index is 788. The highest BCUT2D eigenvalue weighted by molar-refractivity contribution is 5.94. The SMILES string of the molecule is O=C(O)[C@H]1CN(C(=O)c2cnc3ccccc3n2)C[C@@H]1C1CC1. The van der Waals surface area contributed by atoms with Crippen molar-refractivity contribution in [2.24, 2.45) is 17.8 Å². The summed E-state index contributed by atoms with van der Waals surface area (Å²) in [6, 6.07) is 7.38. The van der Waals surface area contributed by atoms with Crippen LogP contribution in [0.1, 0.15) is 23.3 Å². The van der Waals surface area contributed by atoms with E-state index in [1.165, 1.54) is 6.20 Å². The lowest BCUT2D eigenvalue weighted by Crippen LogP contribution is -2.30. The molecule has 2 heterocycles. The first kappa shape index (κ1) is 14.1. The maximum atomic E-state index is 12.7. The molecule has 23 heavy (non-hydrogen) atoms. The molecule has 4 rings (SSSR count). The molecule has 1 N–H and O–H groups in total. The number of carboxylic acid groups (broad SMARTS) is 1. The number of carboxylic acids is 1. The van der Waals surface area contributed by atoms with E-state index in [0.717, 1.165) is 18.4 Å². The van der Waals surface area contributed by atoms with Gasteiger partial charge in [0, 0.05) is 13.1 Å². The molecule has 6 heteroatoms. The van der Waals surface area contributed by atoms with Crippen molar-refractivity contribution in [2.75, 3.05) is 13.1 Å². The van der Waals surface area contributed by atoms with Crippen LogP contribution in [0.5, 0.6) is 0 Å². The lowest BCUT2D eigenvalue weighted by atomic mass is 9.92. The number of aromatic nitrogens is 2. The van der Waals surface area contributed by atoms with Gasteiger partial charge in [0.25, 0.3) is 5.91 Å². The van der Waals surface area contributed by atoms with E-state index in [1.807, 2.05) is 24.3 Å². The summed E-state index contributed by atoms with van der Waals surface area (Å²) in [5.74, 6) is -0.958. The number of hydrogen-bond donors (Lipinski definition) is 1. The number of para-hydroxylation sites is 2. The summed E-state index contributed by atoms with van der Waals surface area (Å²) in [6.07, 6.45) is 3.63.